The summed E-state index contributed by atoms with van der Waals surface area (Å²) in [4.78, 5) is 23.9. The number of nitrogens with one attached hydrogen (secondary N) is 1. The minimum absolute atomic E-state index is 0.140. The topological polar surface area (TPSA) is 66.4 Å². The lowest BCUT2D eigenvalue weighted by Crippen LogP contribution is -2.16. The number of hydrogen-bond acceptors (Lipinski definition) is 3. The molecule has 0 bridgehead atoms. The molecule has 0 unspecified atom stereocenters. The Hall–Kier alpha value is -1.83. The average Bonchev–Trinajstić information content (AvgIpc) is 3.17. The number of amides is 1. The van der Waals surface area contributed by atoms with Gasteiger partial charge in [0, 0.05) is 15.4 Å². The van der Waals surface area contributed by atoms with Crippen molar-refractivity contribution >= 4 is 55.0 Å². The number of allylic oxidation sites excluding steroid dienone is 2. The number of hydrogen-bond donors (Lipinski definition) is 3. The van der Waals surface area contributed by atoms with Gasteiger partial charge in [0.1, 0.15) is 10.6 Å². The number of benzene rings is 1. The Morgan fingerprint density at radius 1 is 1.17 bits per heavy atom. The number of carboxylic acids is 1. The molecule has 1 amide bonds. The fourth-order valence-corrected chi connectivity index (χ4v) is 4.92. The quantitative estimate of drug-likeness (QED) is 0.601. The Bertz CT molecular complexity index is 828. The van der Waals surface area contributed by atoms with E-state index < -0.39 is 16.9 Å². The van der Waals surface area contributed by atoms with E-state index in [9.17, 15) is 14.7 Å². The van der Waals surface area contributed by atoms with Crippen LogP contribution < -0.4 is 5.32 Å². The van der Waals surface area contributed by atoms with Crippen LogP contribution in [0.4, 0.5) is 5.00 Å². The first-order valence-electron chi connectivity index (χ1n) is 7.06. The molecular formula is C17H14BrNO3S2. The predicted octanol–water partition coefficient (Wildman–Crippen LogP) is 4.86. The molecule has 0 aliphatic carbocycles. The lowest BCUT2D eigenvalue weighted by molar-refractivity contribution is -0.113. The molecule has 2 N–H and O–H groups in total. The van der Waals surface area contributed by atoms with Crippen molar-refractivity contribution in [3.8, 4) is 11.1 Å². The molecular weight excluding hydrogens is 410 g/mol. The van der Waals surface area contributed by atoms with E-state index in [1.54, 1.807) is 5.38 Å². The molecule has 4 nitrogen and oxygen atoms in total. The average molecular weight is 424 g/mol. The first-order chi connectivity index (χ1) is 11.5. The third kappa shape index (κ3) is 3.80. The van der Waals surface area contributed by atoms with Gasteiger partial charge in [-0.3, -0.25) is 4.79 Å². The summed E-state index contributed by atoms with van der Waals surface area (Å²) in [5, 5.41) is 18.5. The predicted molar refractivity (Wildman–Crippen MR) is 105 cm³/mol. The number of carbonyl (C=O) groups excluding carboxylic acids is 1. The maximum atomic E-state index is 12.2. The fourth-order valence-electron chi connectivity index (χ4n) is 2.31. The second-order valence-electron chi connectivity index (χ2n) is 5.07. The zero-order valence-corrected chi connectivity index (χ0v) is 15.7. The summed E-state index contributed by atoms with van der Waals surface area (Å²) in [5.74, 6) is -0.840. The highest BCUT2D eigenvalue weighted by Gasteiger charge is 2.21. The Labute approximate surface area is 154 Å². The fraction of sp³-hybridized carbons (Fsp3) is 0.0588. The zero-order chi connectivity index (χ0) is 17.1. The van der Waals surface area contributed by atoms with E-state index in [-0.39, 0.29) is 11.5 Å². The van der Waals surface area contributed by atoms with E-state index in [4.69, 9.17) is 0 Å². The first kappa shape index (κ1) is 17.0. The van der Waals surface area contributed by atoms with Gasteiger partial charge >= 0.3 is 5.97 Å². The molecule has 0 spiro atoms. The summed E-state index contributed by atoms with van der Waals surface area (Å²) in [6.45, 7) is 0. The van der Waals surface area contributed by atoms with Crippen molar-refractivity contribution in [2.24, 2.45) is 0 Å². The molecule has 1 aromatic carbocycles. The van der Waals surface area contributed by atoms with E-state index in [1.165, 1.54) is 11.3 Å². The largest absolute Gasteiger partial charge is 0.478 e. The minimum Gasteiger partial charge on any atom is -0.478 e. The summed E-state index contributed by atoms with van der Waals surface area (Å²) in [6.07, 6.45) is 3.86. The molecule has 0 saturated carbocycles. The zero-order valence-electron chi connectivity index (χ0n) is 12.4. The van der Waals surface area contributed by atoms with E-state index in [2.05, 4.69) is 21.2 Å². The van der Waals surface area contributed by atoms with Crippen molar-refractivity contribution in [2.75, 3.05) is 11.1 Å². The van der Waals surface area contributed by atoms with Gasteiger partial charge in [-0.1, -0.05) is 40.2 Å². The van der Waals surface area contributed by atoms with E-state index in [0.717, 1.165) is 10.0 Å². The standard InChI is InChI=1S/C17H14BrNO3S2/c18-12-5-3-11(4-6-12)13-9-23-16(15(13)17(21)22)19-14(20)10-24-7-1-2-8-24/h1-9,24H,10H2,(H,19,20)(H,21,22). The van der Waals surface area contributed by atoms with Gasteiger partial charge in [0.05, 0.1) is 5.75 Å². The monoisotopic (exact) mass is 423 g/mol. The molecule has 1 aliphatic heterocycles. The van der Waals surface area contributed by atoms with Gasteiger partial charge in [0.25, 0.3) is 0 Å². The van der Waals surface area contributed by atoms with Crippen molar-refractivity contribution in [1.82, 2.24) is 0 Å². The number of anilines is 1. The SMILES string of the molecule is O=C(C[SH]1C=CC=C1)Nc1scc(-c2ccc(Br)cc2)c1C(=O)O. The smallest absolute Gasteiger partial charge is 0.339 e. The molecule has 0 atom stereocenters. The third-order valence-electron chi connectivity index (χ3n) is 3.41. The molecule has 1 aromatic heterocycles. The van der Waals surface area contributed by atoms with Gasteiger partial charge in [-0.2, -0.15) is 0 Å². The lowest BCUT2D eigenvalue weighted by Gasteiger charge is -2.10. The summed E-state index contributed by atoms with van der Waals surface area (Å²) >= 11 is 4.60. The number of carboxylic acid groups (broad SMARTS) is 1. The third-order valence-corrected chi connectivity index (χ3v) is 6.59. The maximum Gasteiger partial charge on any atom is 0.339 e. The van der Waals surface area contributed by atoms with Crippen molar-refractivity contribution in [3.63, 3.8) is 0 Å². The molecule has 7 heteroatoms. The highest BCUT2D eigenvalue weighted by molar-refractivity contribution is 9.10. The molecule has 2 heterocycles. The Morgan fingerprint density at radius 2 is 1.83 bits per heavy atom. The molecule has 24 heavy (non-hydrogen) atoms. The van der Waals surface area contributed by atoms with Gasteiger partial charge in [-0.25, -0.2) is 15.7 Å². The van der Waals surface area contributed by atoms with Crippen molar-refractivity contribution in [1.29, 1.82) is 0 Å². The van der Waals surface area contributed by atoms with Gasteiger partial charge in [-0.15, -0.1) is 11.3 Å². The van der Waals surface area contributed by atoms with Crippen LogP contribution in [0.2, 0.25) is 0 Å². The van der Waals surface area contributed by atoms with Crippen LogP contribution in [0.3, 0.4) is 0 Å². The highest BCUT2D eigenvalue weighted by Crippen LogP contribution is 2.37. The highest BCUT2D eigenvalue weighted by atomic mass is 79.9. The first-order valence-corrected chi connectivity index (χ1v) is 10.4. The van der Waals surface area contributed by atoms with Crippen molar-refractivity contribution in [3.05, 3.63) is 62.6 Å². The van der Waals surface area contributed by atoms with Crippen molar-refractivity contribution < 1.29 is 14.7 Å². The summed E-state index contributed by atoms with van der Waals surface area (Å²) in [5.41, 5.74) is 1.56. The molecule has 1 aliphatic rings. The second kappa shape index (κ2) is 7.38. The number of carbonyl (C=O) groups is 2. The number of rotatable bonds is 5. The van der Waals surface area contributed by atoms with Gasteiger partial charge in [0.15, 0.2) is 0 Å². The van der Waals surface area contributed by atoms with E-state index >= 15 is 0 Å². The normalized spacial score (nSPS) is 14.1. The van der Waals surface area contributed by atoms with Crippen LogP contribution in [-0.4, -0.2) is 22.7 Å². The Balaban J connectivity index is 1.84. The van der Waals surface area contributed by atoms with Crippen LogP contribution in [0.1, 0.15) is 10.4 Å². The number of halogens is 1. The minimum atomic E-state index is -1.05. The second-order valence-corrected chi connectivity index (χ2v) is 8.81. The van der Waals surface area contributed by atoms with Crippen LogP contribution in [-0.2, 0) is 4.79 Å². The van der Waals surface area contributed by atoms with Gasteiger partial charge in [-0.05, 0) is 28.5 Å². The van der Waals surface area contributed by atoms with Crippen LogP contribution >= 0.6 is 38.2 Å². The summed E-state index contributed by atoms with van der Waals surface area (Å²) < 4.78 is 0.923. The summed E-state index contributed by atoms with van der Waals surface area (Å²) in [6, 6.07) is 7.42. The molecule has 124 valence electrons. The number of thiol groups is 1. The van der Waals surface area contributed by atoms with Crippen LogP contribution in [0.25, 0.3) is 11.1 Å². The Morgan fingerprint density at radius 3 is 2.46 bits per heavy atom. The maximum absolute atomic E-state index is 12.2. The number of aromatic carboxylic acids is 1. The molecule has 0 fully saturated rings. The van der Waals surface area contributed by atoms with Crippen LogP contribution in [0.5, 0.6) is 0 Å². The van der Waals surface area contributed by atoms with Crippen LogP contribution in [0, 0.1) is 0 Å². The van der Waals surface area contributed by atoms with Crippen LogP contribution in [0.15, 0.2) is 57.1 Å². The lowest BCUT2D eigenvalue weighted by atomic mass is 10.0. The van der Waals surface area contributed by atoms with Gasteiger partial charge in [0.2, 0.25) is 5.91 Å². The van der Waals surface area contributed by atoms with E-state index in [0.29, 0.717) is 16.3 Å². The summed E-state index contributed by atoms with van der Waals surface area (Å²) in [7, 11) is -0.568. The molecule has 3 rings (SSSR count). The molecule has 2 aromatic rings. The van der Waals surface area contributed by atoms with Crippen molar-refractivity contribution in [2.45, 2.75) is 0 Å². The van der Waals surface area contributed by atoms with Gasteiger partial charge < -0.3 is 10.4 Å². The van der Waals surface area contributed by atoms with E-state index in [1.807, 2.05) is 47.2 Å². The molecule has 0 radical (unpaired) electrons. The number of thiophene rings is 1. The Kier molecular flexibility index (Phi) is 5.23. The molecule has 0 saturated heterocycles.